The molecule has 0 spiro atoms. The first kappa shape index (κ1) is 22.0. The fraction of sp³-hybridized carbons (Fsp3) is 0.0870. The van der Waals surface area contributed by atoms with Crippen LogP contribution in [0.2, 0.25) is 5.02 Å². The lowest BCUT2D eigenvalue weighted by atomic mass is 10.1. The van der Waals surface area contributed by atoms with Crippen LogP contribution in [0.5, 0.6) is 5.75 Å². The second kappa shape index (κ2) is 10.4. The van der Waals surface area contributed by atoms with E-state index in [2.05, 4.69) is 15.8 Å². The molecule has 0 aromatic heterocycles. The Hall–Kier alpha value is -3.71. The summed E-state index contributed by atoms with van der Waals surface area (Å²) in [5.74, 6) is -0.828. The standard InChI is InChI=1S/C23H19ClFN3O3/c1-15(27-28-23(30)17-5-2-6-19(25)12-17)16-4-3-7-20(13-16)26-22(29)14-31-21-10-8-18(24)9-11-21/h2-13H,14H2,1H3,(H,26,29)(H,28,30). The number of hydrazone groups is 1. The second-order valence-electron chi connectivity index (χ2n) is 6.52. The third kappa shape index (κ3) is 6.65. The molecule has 6 nitrogen and oxygen atoms in total. The molecule has 0 unspecified atom stereocenters. The fourth-order valence-electron chi connectivity index (χ4n) is 2.59. The first-order chi connectivity index (χ1) is 14.9. The molecule has 2 amide bonds. The van der Waals surface area contributed by atoms with Crippen LogP contribution in [0.3, 0.4) is 0 Å². The molecule has 0 aliphatic carbocycles. The van der Waals surface area contributed by atoms with E-state index < -0.39 is 11.7 Å². The maximum atomic E-state index is 13.2. The van der Waals surface area contributed by atoms with Gasteiger partial charge in [0.15, 0.2) is 6.61 Å². The van der Waals surface area contributed by atoms with Crippen molar-refractivity contribution in [3.63, 3.8) is 0 Å². The maximum absolute atomic E-state index is 13.2. The van der Waals surface area contributed by atoms with E-state index in [4.69, 9.17) is 16.3 Å². The number of benzene rings is 3. The summed E-state index contributed by atoms with van der Waals surface area (Å²) >= 11 is 5.82. The third-order valence-corrected chi connectivity index (χ3v) is 4.41. The Labute approximate surface area is 183 Å². The highest BCUT2D eigenvalue weighted by Crippen LogP contribution is 2.16. The van der Waals surface area contributed by atoms with Gasteiger partial charge in [-0.3, -0.25) is 9.59 Å². The summed E-state index contributed by atoms with van der Waals surface area (Å²) in [5.41, 5.74) is 4.31. The monoisotopic (exact) mass is 439 g/mol. The average molecular weight is 440 g/mol. The van der Waals surface area contributed by atoms with E-state index in [1.807, 2.05) is 0 Å². The Bertz CT molecular complexity index is 1120. The summed E-state index contributed by atoms with van der Waals surface area (Å²) in [6, 6.07) is 19.0. The number of nitrogens with zero attached hydrogens (tertiary/aromatic N) is 1. The van der Waals surface area contributed by atoms with E-state index in [-0.39, 0.29) is 18.1 Å². The number of hydrogen-bond acceptors (Lipinski definition) is 4. The van der Waals surface area contributed by atoms with Gasteiger partial charge in [0.1, 0.15) is 11.6 Å². The molecular weight excluding hydrogens is 421 g/mol. The average Bonchev–Trinajstić information content (AvgIpc) is 2.77. The number of halogens is 2. The van der Waals surface area contributed by atoms with Crippen LogP contribution in [-0.4, -0.2) is 24.1 Å². The zero-order valence-corrected chi connectivity index (χ0v) is 17.3. The van der Waals surface area contributed by atoms with E-state index in [9.17, 15) is 14.0 Å². The van der Waals surface area contributed by atoms with Crippen LogP contribution in [0.1, 0.15) is 22.8 Å². The molecule has 0 saturated carbocycles. The molecule has 0 heterocycles. The summed E-state index contributed by atoms with van der Waals surface area (Å²) < 4.78 is 18.7. The Balaban J connectivity index is 1.58. The van der Waals surface area contributed by atoms with Gasteiger partial charge in [0.25, 0.3) is 11.8 Å². The van der Waals surface area contributed by atoms with Crippen LogP contribution in [-0.2, 0) is 4.79 Å². The van der Waals surface area contributed by atoms with E-state index in [1.165, 1.54) is 18.2 Å². The zero-order valence-electron chi connectivity index (χ0n) is 16.6. The minimum absolute atomic E-state index is 0.164. The predicted octanol–water partition coefficient (Wildman–Crippen LogP) is 4.65. The zero-order chi connectivity index (χ0) is 22.2. The molecule has 0 aliphatic rings. The topological polar surface area (TPSA) is 79.8 Å². The van der Waals surface area contributed by atoms with Crippen LogP contribution in [0.15, 0.2) is 77.9 Å². The number of nitrogens with one attached hydrogen (secondary N) is 2. The molecule has 2 N–H and O–H groups in total. The highest BCUT2D eigenvalue weighted by Gasteiger charge is 2.08. The second-order valence-corrected chi connectivity index (χ2v) is 6.96. The molecular formula is C23H19ClFN3O3. The fourth-order valence-corrected chi connectivity index (χ4v) is 2.72. The third-order valence-electron chi connectivity index (χ3n) is 4.16. The number of carbonyl (C=O) groups excluding carboxylic acids is 2. The summed E-state index contributed by atoms with van der Waals surface area (Å²) in [5, 5.41) is 7.37. The smallest absolute Gasteiger partial charge is 0.271 e. The summed E-state index contributed by atoms with van der Waals surface area (Å²) in [7, 11) is 0. The van der Waals surface area contributed by atoms with Crippen molar-refractivity contribution in [2.75, 3.05) is 11.9 Å². The lowest BCUT2D eigenvalue weighted by molar-refractivity contribution is -0.118. The van der Waals surface area contributed by atoms with Crippen molar-refractivity contribution in [2.24, 2.45) is 5.10 Å². The van der Waals surface area contributed by atoms with Crippen molar-refractivity contribution in [1.29, 1.82) is 0 Å². The number of carbonyl (C=O) groups is 2. The van der Waals surface area contributed by atoms with Gasteiger partial charge in [-0.25, -0.2) is 9.82 Å². The van der Waals surface area contributed by atoms with Crippen LogP contribution in [0, 0.1) is 5.82 Å². The molecule has 31 heavy (non-hydrogen) atoms. The molecule has 3 aromatic carbocycles. The Morgan fingerprint density at radius 2 is 1.71 bits per heavy atom. The van der Waals surface area contributed by atoms with Crippen molar-refractivity contribution in [1.82, 2.24) is 5.43 Å². The van der Waals surface area contributed by atoms with E-state index >= 15 is 0 Å². The minimum atomic E-state index is -0.525. The van der Waals surface area contributed by atoms with Crippen molar-refractivity contribution in [2.45, 2.75) is 6.92 Å². The van der Waals surface area contributed by atoms with Gasteiger partial charge in [0, 0.05) is 16.3 Å². The van der Waals surface area contributed by atoms with Crippen LogP contribution >= 0.6 is 11.6 Å². The lowest BCUT2D eigenvalue weighted by Gasteiger charge is -2.09. The van der Waals surface area contributed by atoms with Crippen LogP contribution < -0.4 is 15.5 Å². The number of rotatable bonds is 7. The highest BCUT2D eigenvalue weighted by atomic mass is 35.5. The SMILES string of the molecule is CC(=NNC(=O)c1cccc(F)c1)c1cccc(NC(=O)COc2ccc(Cl)cc2)c1. The van der Waals surface area contributed by atoms with Crippen molar-refractivity contribution in [3.05, 3.63) is 94.8 Å². The molecule has 158 valence electrons. The van der Waals surface area contributed by atoms with E-state index in [0.29, 0.717) is 27.7 Å². The first-order valence-corrected chi connectivity index (χ1v) is 9.67. The van der Waals surface area contributed by atoms with Gasteiger partial charge in [-0.05, 0) is 67.1 Å². The number of anilines is 1. The van der Waals surface area contributed by atoms with Gasteiger partial charge >= 0.3 is 0 Å². The number of hydrogen-bond donors (Lipinski definition) is 2. The van der Waals surface area contributed by atoms with Gasteiger partial charge in [-0.2, -0.15) is 5.10 Å². The minimum Gasteiger partial charge on any atom is -0.484 e. The molecule has 3 rings (SSSR count). The van der Waals surface area contributed by atoms with Crippen molar-refractivity contribution in [3.8, 4) is 5.75 Å². The normalized spacial score (nSPS) is 11.0. The summed E-state index contributed by atoms with van der Waals surface area (Å²) in [4.78, 5) is 24.2. The molecule has 0 aliphatic heterocycles. The quantitative estimate of drug-likeness (QED) is 0.415. The number of ether oxygens (including phenoxy) is 1. The lowest BCUT2D eigenvalue weighted by Crippen LogP contribution is -2.21. The Morgan fingerprint density at radius 3 is 2.45 bits per heavy atom. The first-order valence-electron chi connectivity index (χ1n) is 9.29. The Morgan fingerprint density at radius 1 is 1.00 bits per heavy atom. The molecule has 0 atom stereocenters. The molecule has 0 fully saturated rings. The largest absolute Gasteiger partial charge is 0.484 e. The summed E-state index contributed by atoms with van der Waals surface area (Å²) in [6.07, 6.45) is 0. The van der Waals surface area contributed by atoms with Gasteiger partial charge in [0.2, 0.25) is 0 Å². The molecule has 0 saturated heterocycles. The van der Waals surface area contributed by atoms with Crippen LogP contribution in [0.25, 0.3) is 0 Å². The van der Waals surface area contributed by atoms with Crippen LogP contribution in [0.4, 0.5) is 10.1 Å². The molecule has 0 bridgehead atoms. The Kier molecular flexibility index (Phi) is 7.35. The molecule has 3 aromatic rings. The van der Waals surface area contributed by atoms with E-state index in [1.54, 1.807) is 55.5 Å². The van der Waals surface area contributed by atoms with Gasteiger partial charge in [-0.1, -0.05) is 29.8 Å². The van der Waals surface area contributed by atoms with Crippen molar-refractivity contribution >= 4 is 34.8 Å². The maximum Gasteiger partial charge on any atom is 0.271 e. The highest BCUT2D eigenvalue weighted by molar-refractivity contribution is 6.30. The van der Waals surface area contributed by atoms with Gasteiger partial charge in [0.05, 0.1) is 5.71 Å². The predicted molar refractivity (Wildman–Crippen MR) is 118 cm³/mol. The summed E-state index contributed by atoms with van der Waals surface area (Å²) in [6.45, 7) is 1.54. The van der Waals surface area contributed by atoms with E-state index in [0.717, 1.165) is 6.07 Å². The molecule has 0 radical (unpaired) electrons. The van der Waals surface area contributed by atoms with Gasteiger partial charge in [-0.15, -0.1) is 0 Å². The van der Waals surface area contributed by atoms with Gasteiger partial charge < -0.3 is 10.1 Å². The number of amides is 2. The van der Waals surface area contributed by atoms with Crippen molar-refractivity contribution < 1.29 is 18.7 Å². The molecule has 8 heteroatoms.